The van der Waals surface area contributed by atoms with Crippen LogP contribution in [0.4, 0.5) is 0 Å². The van der Waals surface area contributed by atoms with Gasteiger partial charge in [0.1, 0.15) is 11.3 Å². The molecule has 0 saturated heterocycles. The highest BCUT2D eigenvalue weighted by molar-refractivity contribution is 6.22. The van der Waals surface area contributed by atoms with E-state index in [4.69, 9.17) is 16.0 Å². The fraction of sp³-hybridized carbons (Fsp3) is 0.231. The SMILES string of the molecule is ClC1C=C(c2cc3ccccc3o2)CC1. The van der Waals surface area contributed by atoms with E-state index in [9.17, 15) is 0 Å². The summed E-state index contributed by atoms with van der Waals surface area (Å²) in [5.74, 6) is 0.972. The first-order chi connectivity index (χ1) is 7.33. The number of alkyl halides is 1. The van der Waals surface area contributed by atoms with Gasteiger partial charge < -0.3 is 4.42 Å². The predicted molar refractivity (Wildman–Crippen MR) is 63.1 cm³/mol. The Morgan fingerprint density at radius 2 is 2.13 bits per heavy atom. The standard InChI is InChI=1S/C13H11ClO/c14-11-6-5-10(7-11)13-8-9-3-1-2-4-12(9)15-13/h1-4,7-8,11H,5-6H2. The highest BCUT2D eigenvalue weighted by Crippen LogP contribution is 2.33. The normalized spacial score (nSPS) is 20.9. The third kappa shape index (κ3) is 1.57. The van der Waals surface area contributed by atoms with Crippen LogP contribution in [0.5, 0.6) is 0 Å². The van der Waals surface area contributed by atoms with E-state index in [2.05, 4.69) is 18.2 Å². The van der Waals surface area contributed by atoms with Crippen LogP contribution >= 0.6 is 11.6 Å². The van der Waals surface area contributed by atoms with Gasteiger partial charge in [-0.1, -0.05) is 24.3 Å². The van der Waals surface area contributed by atoms with Gasteiger partial charge >= 0.3 is 0 Å². The van der Waals surface area contributed by atoms with Crippen LogP contribution in [0.1, 0.15) is 18.6 Å². The second-order valence-corrected chi connectivity index (χ2v) is 4.46. The number of rotatable bonds is 1. The van der Waals surface area contributed by atoms with E-state index in [1.54, 1.807) is 0 Å². The minimum atomic E-state index is 0.174. The number of hydrogen-bond acceptors (Lipinski definition) is 1. The molecule has 0 saturated carbocycles. The first-order valence-corrected chi connectivity index (χ1v) is 5.60. The minimum absolute atomic E-state index is 0.174. The summed E-state index contributed by atoms with van der Waals surface area (Å²) >= 11 is 6.04. The summed E-state index contributed by atoms with van der Waals surface area (Å²) < 4.78 is 5.77. The Bertz CT molecular complexity index is 491. The molecule has 0 fully saturated rings. The summed E-state index contributed by atoms with van der Waals surface area (Å²) in [6.45, 7) is 0. The molecule has 1 aliphatic carbocycles. The molecule has 1 nitrogen and oxygen atoms in total. The van der Waals surface area contributed by atoms with Crippen molar-refractivity contribution in [1.82, 2.24) is 0 Å². The predicted octanol–water partition coefficient (Wildman–Crippen LogP) is 4.22. The molecule has 3 rings (SSSR count). The quantitative estimate of drug-likeness (QED) is 0.654. The maximum Gasteiger partial charge on any atom is 0.134 e. The van der Waals surface area contributed by atoms with E-state index < -0.39 is 0 Å². The minimum Gasteiger partial charge on any atom is -0.456 e. The lowest BCUT2D eigenvalue weighted by atomic mass is 10.1. The van der Waals surface area contributed by atoms with Gasteiger partial charge in [-0.05, 0) is 30.5 Å². The molecule has 76 valence electrons. The fourth-order valence-corrected chi connectivity index (χ4v) is 2.29. The second-order valence-electron chi connectivity index (χ2n) is 3.90. The maximum atomic E-state index is 6.04. The number of para-hydroxylation sites is 1. The van der Waals surface area contributed by atoms with Gasteiger partial charge in [0, 0.05) is 5.39 Å². The highest BCUT2D eigenvalue weighted by atomic mass is 35.5. The van der Waals surface area contributed by atoms with Crippen LogP contribution in [0, 0.1) is 0 Å². The Balaban J connectivity index is 2.09. The van der Waals surface area contributed by atoms with Gasteiger partial charge in [-0.2, -0.15) is 0 Å². The van der Waals surface area contributed by atoms with Crippen molar-refractivity contribution in [2.45, 2.75) is 18.2 Å². The van der Waals surface area contributed by atoms with Gasteiger partial charge in [0.15, 0.2) is 0 Å². The number of furan rings is 1. The largest absolute Gasteiger partial charge is 0.456 e. The molecule has 1 aliphatic rings. The van der Waals surface area contributed by atoms with Gasteiger partial charge in [-0.15, -0.1) is 11.6 Å². The second kappa shape index (κ2) is 3.42. The molecule has 1 atom stereocenters. The van der Waals surface area contributed by atoms with E-state index in [0.29, 0.717) is 0 Å². The molecule has 0 radical (unpaired) electrons. The molecule has 0 N–H and O–H groups in total. The average Bonchev–Trinajstić information content (AvgIpc) is 2.82. The van der Waals surface area contributed by atoms with Crippen LogP contribution in [0.25, 0.3) is 16.5 Å². The Morgan fingerprint density at radius 1 is 1.27 bits per heavy atom. The average molecular weight is 219 g/mol. The van der Waals surface area contributed by atoms with E-state index in [-0.39, 0.29) is 5.38 Å². The summed E-state index contributed by atoms with van der Waals surface area (Å²) in [6, 6.07) is 10.2. The Labute approximate surface area is 93.3 Å². The first-order valence-electron chi connectivity index (χ1n) is 5.16. The number of benzene rings is 1. The highest BCUT2D eigenvalue weighted by Gasteiger charge is 2.17. The van der Waals surface area contributed by atoms with E-state index in [0.717, 1.165) is 29.6 Å². The molecule has 1 unspecified atom stereocenters. The van der Waals surface area contributed by atoms with Crippen molar-refractivity contribution in [3.8, 4) is 0 Å². The van der Waals surface area contributed by atoms with Crippen molar-refractivity contribution in [3.63, 3.8) is 0 Å². The van der Waals surface area contributed by atoms with Crippen molar-refractivity contribution in [1.29, 1.82) is 0 Å². The molecule has 0 amide bonds. The zero-order chi connectivity index (χ0) is 10.3. The topological polar surface area (TPSA) is 13.1 Å². The van der Waals surface area contributed by atoms with Crippen LogP contribution in [0.2, 0.25) is 0 Å². The van der Waals surface area contributed by atoms with Crippen LogP contribution in [0.15, 0.2) is 40.8 Å². The third-order valence-electron chi connectivity index (χ3n) is 2.81. The van der Waals surface area contributed by atoms with Gasteiger partial charge in [-0.3, -0.25) is 0 Å². The summed E-state index contributed by atoms with van der Waals surface area (Å²) in [5, 5.41) is 1.33. The van der Waals surface area contributed by atoms with Crippen molar-refractivity contribution >= 4 is 28.1 Å². The van der Waals surface area contributed by atoms with Crippen molar-refractivity contribution < 1.29 is 4.42 Å². The van der Waals surface area contributed by atoms with Gasteiger partial charge in [0.25, 0.3) is 0 Å². The Morgan fingerprint density at radius 3 is 2.87 bits per heavy atom. The number of fused-ring (bicyclic) bond motifs is 1. The van der Waals surface area contributed by atoms with Crippen LogP contribution in [-0.2, 0) is 0 Å². The van der Waals surface area contributed by atoms with Crippen molar-refractivity contribution in [2.24, 2.45) is 0 Å². The molecule has 2 heteroatoms. The van der Waals surface area contributed by atoms with E-state index in [1.807, 2.05) is 18.2 Å². The van der Waals surface area contributed by atoms with E-state index in [1.165, 1.54) is 5.57 Å². The van der Waals surface area contributed by atoms with Crippen LogP contribution in [0.3, 0.4) is 0 Å². The number of allylic oxidation sites excluding steroid dienone is 2. The number of hydrogen-bond donors (Lipinski definition) is 0. The molecule has 1 heterocycles. The lowest BCUT2D eigenvalue weighted by Gasteiger charge is -1.93. The lowest BCUT2D eigenvalue weighted by Crippen LogP contribution is -1.81. The monoisotopic (exact) mass is 218 g/mol. The number of halogens is 1. The maximum absolute atomic E-state index is 6.04. The third-order valence-corrected chi connectivity index (χ3v) is 3.16. The first kappa shape index (κ1) is 9.05. The van der Waals surface area contributed by atoms with Gasteiger partial charge in [-0.25, -0.2) is 0 Å². The fourth-order valence-electron chi connectivity index (χ4n) is 2.02. The molecule has 2 aromatic rings. The van der Waals surface area contributed by atoms with Gasteiger partial charge in [0.05, 0.1) is 5.38 Å². The Hall–Kier alpha value is -1.21. The zero-order valence-corrected chi connectivity index (χ0v) is 9.00. The molecule has 15 heavy (non-hydrogen) atoms. The van der Waals surface area contributed by atoms with Gasteiger partial charge in [0.2, 0.25) is 0 Å². The summed E-state index contributed by atoms with van der Waals surface area (Å²) in [5.41, 5.74) is 2.19. The van der Waals surface area contributed by atoms with Crippen LogP contribution < -0.4 is 0 Å². The van der Waals surface area contributed by atoms with Crippen molar-refractivity contribution in [2.75, 3.05) is 0 Å². The smallest absolute Gasteiger partial charge is 0.134 e. The summed E-state index contributed by atoms with van der Waals surface area (Å²) in [7, 11) is 0. The van der Waals surface area contributed by atoms with Crippen molar-refractivity contribution in [3.05, 3.63) is 42.2 Å². The molecule has 0 bridgehead atoms. The molecule has 1 aromatic heterocycles. The molecular weight excluding hydrogens is 208 g/mol. The molecule has 0 spiro atoms. The molecular formula is C13H11ClO. The van der Waals surface area contributed by atoms with Crippen LogP contribution in [-0.4, -0.2) is 5.38 Å². The molecule has 1 aromatic carbocycles. The summed E-state index contributed by atoms with van der Waals surface area (Å²) in [4.78, 5) is 0. The summed E-state index contributed by atoms with van der Waals surface area (Å²) in [6.07, 6.45) is 4.14. The zero-order valence-electron chi connectivity index (χ0n) is 8.24. The lowest BCUT2D eigenvalue weighted by molar-refractivity contribution is 0.597. The Kier molecular flexibility index (Phi) is 2.06. The van der Waals surface area contributed by atoms with E-state index >= 15 is 0 Å². The molecule has 0 aliphatic heterocycles.